The topological polar surface area (TPSA) is 26.0 Å². The van der Waals surface area contributed by atoms with E-state index < -0.39 is 0 Å². The van der Waals surface area contributed by atoms with Crippen LogP contribution in [0.3, 0.4) is 0 Å². The zero-order valence-electron chi connectivity index (χ0n) is 8.87. The highest BCUT2D eigenvalue weighted by atomic mass is 14.6. The lowest BCUT2D eigenvalue weighted by Crippen LogP contribution is -2.21. The molecule has 1 unspecified atom stereocenters. The first-order valence-electron chi connectivity index (χ1n) is 5.64. The summed E-state index contributed by atoms with van der Waals surface area (Å²) in [4.78, 5) is 0. The number of rotatable bonds is 4. The first kappa shape index (κ1) is 9.72. The van der Waals surface area contributed by atoms with Gasteiger partial charge in [0.2, 0.25) is 0 Å². The molecule has 1 atom stereocenters. The Kier molecular flexibility index (Phi) is 2.87. The monoisotopic (exact) mass is 189 g/mol. The second-order valence-electron chi connectivity index (χ2n) is 4.35. The van der Waals surface area contributed by atoms with E-state index in [1.165, 1.54) is 18.4 Å². The van der Waals surface area contributed by atoms with Crippen molar-refractivity contribution >= 4 is 0 Å². The molecular formula is C13H19N. The zero-order valence-corrected chi connectivity index (χ0v) is 8.87. The van der Waals surface area contributed by atoms with Gasteiger partial charge in [-0.2, -0.15) is 0 Å². The van der Waals surface area contributed by atoms with E-state index in [4.69, 9.17) is 5.73 Å². The highest BCUT2D eigenvalue weighted by molar-refractivity contribution is 5.33. The van der Waals surface area contributed by atoms with Crippen LogP contribution in [0.5, 0.6) is 0 Å². The van der Waals surface area contributed by atoms with Crippen molar-refractivity contribution in [3.8, 4) is 0 Å². The number of benzene rings is 1. The molecule has 1 aliphatic rings. The smallest absolute Gasteiger partial charge is 0.00768 e. The Bertz CT molecular complexity index is 302. The second-order valence-corrected chi connectivity index (χ2v) is 4.35. The quantitative estimate of drug-likeness (QED) is 0.774. The fraction of sp³-hybridized carbons (Fsp3) is 0.538. The van der Waals surface area contributed by atoms with E-state index in [-0.39, 0.29) is 0 Å². The standard InChI is InChI=1S/C13H19N/c1-2-12(14)9-11-5-3-4-6-13(11)10-7-8-10/h3-6,10,12H,2,7-9,14H2,1H3. The molecule has 2 N–H and O–H groups in total. The van der Waals surface area contributed by atoms with Gasteiger partial charge in [0.25, 0.3) is 0 Å². The van der Waals surface area contributed by atoms with Crippen LogP contribution in [0.15, 0.2) is 24.3 Å². The molecular weight excluding hydrogens is 170 g/mol. The van der Waals surface area contributed by atoms with Gasteiger partial charge in [-0.1, -0.05) is 31.2 Å². The highest BCUT2D eigenvalue weighted by Crippen LogP contribution is 2.41. The van der Waals surface area contributed by atoms with E-state index in [0.29, 0.717) is 6.04 Å². The highest BCUT2D eigenvalue weighted by Gasteiger charge is 2.25. The molecule has 1 fully saturated rings. The summed E-state index contributed by atoms with van der Waals surface area (Å²) in [6.45, 7) is 2.16. The zero-order chi connectivity index (χ0) is 9.97. The summed E-state index contributed by atoms with van der Waals surface area (Å²) in [6, 6.07) is 9.12. The van der Waals surface area contributed by atoms with Crippen molar-refractivity contribution in [1.82, 2.24) is 0 Å². The van der Waals surface area contributed by atoms with E-state index in [1.807, 2.05) is 0 Å². The summed E-state index contributed by atoms with van der Waals surface area (Å²) in [5, 5.41) is 0. The summed E-state index contributed by atoms with van der Waals surface area (Å²) in [6.07, 6.45) is 4.86. The van der Waals surface area contributed by atoms with Crippen molar-refractivity contribution in [2.24, 2.45) is 5.73 Å². The molecule has 0 aromatic heterocycles. The van der Waals surface area contributed by atoms with E-state index in [1.54, 1.807) is 5.56 Å². The molecule has 0 bridgehead atoms. The van der Waals surface area contributed by atoms with Crippen LogP contribution < -0.4 is 5.73 Å². The van der Waals surface area contributed by atoms with Crippen LogP contribution in [-0.2, 0) is 6.42 Å². The van der Waals surface area contributed by atoms with E-state index in [2.05, 4.69) is 31.2 Å². The van der Waals surface area contributed by atoms with Gasteiger partial charge in [-0.05, 0) is 42.7 Å². The molecule has 2 rings (SSSR count). The summed E-state index contributed by atoms with van der Waals surface area (Å²) in [5.74, 6) is 0.843. The summed E-state index contributed by atoms with van der Waals surface area (Å²) in [5.41, 5.74) is 9.02. The van der Waals surface area contributed by atoms with Gasteiger partial charge in [0.15, 0.2) is 0 Å². The lowest BCUT2D eigenvalue weighted by atomic mass is 9.97. The minimum Gasteiger partial charge on any atom is -0.327 e. The summed E-state index contributed by atoms with van der Waals surface area (Å²) in [7, 11) is 0. The molecule has 1 aromatic rings. The molecule has 1 heteroatoms. The van der Waals surface area contributed by atoms with Crippen LogP contribution in [0.2, 0.25) is 0 Å². The molecule has 1 aliphatic carbocycles. The predicted molar refractivity (Wildman–Crippen MR) is 60.4 cm³/mol. The Hall–Kier alpha value is -0.820. The van der Waals surface area contributed by atoms with Gasteiger partial charge in [-0.15, -0.1) is 0 Å². The van der Waals surface area contributed by atoms with Gasteiger partial charge < -0.3 is 5.73 Å². The summed E-state index contributed by atoms with van der Waals surface area (Å²) < 4.78 is 0. The van der Waals surface area contributed by atoms with Crippen LogP contribution in [0.4, 0.5) is 0 Å². The maximum absolute atomic E-state index is 5.99. The van der Waals surface area contributed by atoms with Crippen LogP contribution in [0.1, 0.15) is 43.2 Å². The second kappa shape index (κ2) is 4.14. The van der Waals surface area contributed by atoms with Crippen LogP contribution in [-0.4, -0.2) is 6.04 Å². The van der Waals surface area contributed by atoms with Crippen molar-refractivity contribution in [3.05, 3.63) is 35.4 Å². The number of hydrogen-bond acceptors (Lipinski definition) is 1. The van der Waals surface area contributed by atoms with Gasteiger partial charge in [0, 0.05) is 6.04 Å². The maximum atomic E-state index is 5.99. The van der Waals surface area contributed by atoms with Crippen LogP contribution in [0.25, 0.3) is 0 Å². The molecule has 0 heterocycles. The van der Waals surface area contributed by atoms with Crippen molar-refractivity contribution in [3.63, 3.8) is 0 Å². The third-order valence-corrected chi connectivity index (χ3v) is 3.08. The largest absolute Gasteiger partial charge is 0.327 e. The third kappa shape index (κ3) is 2.16. The SMILES string of the molecule is CCC(N)Cc1ccccc1C1CC1. The summed E-state index contributed by atoms with van der Waals surface area (Å²) >= 11 is 0. The molecule has 1 nitrogen and oxygen atoms in total. The first-order chi connectivity index (χ1) is 6.81. The van der Waals surface area contributed by atoms with Crippen molar-refractivity contribution in [2.45, 2.75) is 44.6 Å². The van der Waals surface area contributed by atoms with Gasteiger partial charge in [-0.25, -0.2) is 0 Å². The molecule has 0 amide bonds. The molecule has 1 saturated carbocycles. The maximum Gasteiger partial charge on any atom is 0.00768 e. The van der Waals surface area contributed by atoms with E-state index >= 15 is 0 Å². The average Bonchev–Trinajstić information content (AvgIpc) is 3.02. The van der Waals surface area contributed by atoms with E-state index in [9.17, 15) is 0 Å². The first-order valence-corrected chi connectivity index (χ1v) is 5.64. The van der Waals surface area contributed by atoms with Crippen LogP contribution in [0, 0.1) is 0 Å². The number of hydrogen-bond donors (Lipinski definition) is 1. The number of nitrogens with two attached hydrogens (primary N) is 1. The van der Waals surface area contributed by atoms with E-state index in [0.717, 1.165) is 18.8 Å². The van der Waals surface area contributed by atoms with Crippen molar-refractivity contribution < 1.29 is 0 Å². The minimum atomic E-state index is 0.329. The fourth-order valence-corrected chi connectivity index (χ4v) is 1.94. The fourth-order valence-electron chi connectivity index (χ4n) is 1.94. The van der Waals surface area contributed by atoms with Gasteiger partial charge in [0.05, 0.1) is 0 Å². The van der Waals surface area contributed by atoms with Gasteiger partial charge in [-0.3, -0.25) is 0 Å². The molecule has 0 saturated heterocycles. The Morgan fingerprint density at radius 1 is 1.36 bits per heavy atom. The Labute approximate surface area is 86.3 Å². The molecule has 1 aromatic carbocycles. The Morgan fingerprint density at radius 3 is 2.71 bits per heavy atom. The van der Waals surface area contributed by atoms with Crippen molar-refractivity contribution in [2.75, 3.05) is 0 Å². The van der Waals surface area contributed by atoms with Gasteiger partial charge in [0.1, 0.15) is 0 Å². The average molecular weight is 189 g/mol. The van der Waals surface area contributed by atoms with Crippen molar-refractivity contribution in [1.29, 1.82) is 0 Å². The molecule has 0 radical (unpaired) electrons. The normalized spacial score (nSPS) is 18.1. The lowest BCUT2D eigenvalue weighted by Gasteiger charge is -2.12. The lowest BCUT2D eigenvalue weighted by molar-refractivity contribution is 0.643. The Balaban J connectivity index is 2.14. The molecule has 0 spiro atoms. The molecule has 14 heavy (non-hydrogen) atoms. The predicted octanol–water partition coefficient (Wildman–Crippen LogP) is 2.84. The van der Waals surface area contributed by atoms with Crippen LogP contribution >= 0.6 is 0 Å². The molecule has 0 aliphatic heterocycles. The Morgan fingerprint density at radius 2 is 2.07 bits per heavy atom. The van der Waals surface area contributed by atoms with Gasteiger partial charge >= 0.3 is 0 Å². The third-order valence-electron chi connectivity index (χ3n) is 3.08. The molecule has 76 valence electrons. The minimum absolute atomic E-state index is 0.329.